The molecule has 9 heteroatoms. The summed E-state index contributed by atoms with van der Waals surface area (Å²) in [6, 6.07) is 1.31. The molecule has 0 spiro atoms. The van der Waals surface area contributed by atoms with Gasteiger partial charge in [0.15, 0.2) is 17.5 Å². The summed E-state index contributed by atoms with van der Waals surface area (Å²) in [6.07, 6.45) is 1.32. The van der Waals surface area contributed by atoms with Gasteiger partial charge in [-0.15, -0.1) is 0 Å². The SMILES string of the molecule is CCOc1cccnc1C(=O)ON(C(C)=O)[C@@H](CO)C(=O)O. The van der Waals surface area contributed by atoms with E-state index in [1.165, 1.54) is 18.3 Å². The Morgan fingerprint density at radius 2 is 2.09 bits per heavy atom. The lowest BCUT2D eigenvalue weighted by Crippen LogP contribution is -2.47. The summed E-state index contributed by atoms with van der Waals surface area (Å²) in [6.45, 7) is 2.07. The van der Waals surface area contributed by atoms with E-state index in [1.807, 2.05) is 0 Å². The molecule has 0 saturated heterocycles. The third-order valence-electron chi connectivity index (χ3n) is 2.50. The highest BCUT2D eigenvalue weighted by Crippen LogP contribution is 2.17. The minimum Gasteiger partial charge on any atom is -0.491 e. The van der Waals surface area contributed by atoms with Crippen molar-refractivity contribution < 1.29 is 34.2 Å². The standard InChI is InChI=1S/C13H16N2O7/c1-3-21-10-5-4-6-14-11(10)13(20)22-15(8(2)17)9(7-16)12(18)19/h4-6,9,16H,3,7H2,1-2H3,(H,18,19)/t9-/m0/s1. The van der Waals surface area contributed by atoms with E-state index >= 15 is 0 Å². The van der Waals surface area contributed by atoms with Crippen LogP contribution in [0.2, 0.25) is 0 Å². The van der Waals surface area contributed by atoms with Crippen molar-refractivity contribution in [2.75, 3.05) is 13.2 Å². The molecule has 22 heavy (non-hydrogen) atoms. The minimum absolute atomic E-state index is 0.134. The molecule has 2 N–H and O–H groups in total. The number of hydrogen-bond acceptors (Lipinski definition) is 7. The number of aliphatic hydroxyl groups is 1. The second kappa shape index (κ2) is 7.93. The number of aliphatic hydroxyl groups excluding tert-OH is 1. The number of hydroxylamine groups is 2. The van der Waals surface area contributed by atoms with E-state index in [2.05, 4.69) is 4.98 Å². The zero-order chi connectivity index (χ0) is 16.7. The van der Waals surface area contributed by atoms with Gasteiger partial charge in [0, 0.05) is 13.1 Å². The normalized spacial score (nSPS) is 11.4. The van der Waals surface area contributed by atoms with Crippen LogP contribution in [-0.4, -0.2) is 57.4 Å². The molecule has 0 aliphatic heterocycles. The lowest BCUT2D eigenvalue weighted by molar-refractivity contribution is -0.188. The molecular weight excluding hydrogens is 296 g/mol. The highest BCUT2D eigenvalue weighted by molar-refractivity contribution is 5.91. The topological polar surface area (TPSA) is 126 Å². The number of pyridine rings is 1. The van der Waals surface area contributed by atoms with Crippen molar-refractivity contribution in [3.8, 4) is 5.75 Å². The number of carbonyl (C=O) groups is 3. The molecule has 0 bridgehead atoms. The predicted molar refractivity (Wildman–Crippen MR) is 71.9 cm³/mol. The molecule has 120 valence electrons. The molecular formula is C13H16N2O7. The van der Waals surface area contributed by atoms with Gasteiger partial charge < -0.3 is 19.8 Å². The molecule has 0 saturated carbocycles. The van der Waals surface area contributed by atoms with Crippen LogP contribution >= 0.6 is 0 Å². The quantitative estimate of drug-likeness (QED) is 0.694. The first-order valence-corrected chi connectivity index (χ1v) is 6.35. The fourth-order valence-electron chi connectivity index (χ4n) is 1.55. The number of aromatic nitrogens is 1. The maximum absolute atomic E-state index is 12.1. The van der Waals surface area contributed by atoms with E-state index in [4.69, 9.17) is 19.8 Å². The fourth-order valence-corrected chi connectivity index (χ4v) is 1.55. The van der Waals surface area contributed by atoms with Crippen molar-refractivity contribution in [1.29, 1.82) is 0 Å². The maximum Gasteiger partial charge on any atom is 0.385 e. The van der Waals surface area contributed by atoms with Crippen LogP contribution in [0.3, 0.4) is 0 Å². The van der Waals surface area contributed by atoms with E-state index in [9.17, 15) is 14.4 Å². The molecule has 1 aromatic heterocycles. The van der Waals surface area contributed by atoms with Crippen LogP contribution in [0.15, 0.2) is 18.3 Å². The summed E-state index contributed by atoms with van der Waals surface area (Å²) in [4.78, 5) is 43.0. The highest BCUT2D eigenvalue weighted by Gasteiger charge is 2.32. The van der Waals surface area contributed by atoms with E-state index in [1.54, 1.807) is 6.92 Å². The summed E-state index contributed by atoms with van der Waals surface area (Å²) in [7, 11) is 0. The molecule has 9 nitrogen and oxygen atoms in total. The first-order chi connectivity index (χ1) is 10.4. The molecule has 0 radical (unpaired) electrons. The summed E-state index contributed by atoms with van der Waals surface area (Å²) in [5, 5.41) is 18.2. The number of carboxylic acids is 1. The predicted octanol–water partition coefficient (Wildman–Crippen LogP) is -0.154. The first kappa shape index (κ1) is 17.4. The van der Waals surface area contributed by atoms with E-state index in [-0.39, 0.29) is 23.1 Å². The van der Waals surface area contributed by atoms with Crippen LogP contribution in [-0.2, 0) is 14.4 Å². The highest BCUT2D eigenvalue weighted by atomic mass is 16.7. The molecule has 0 fully saturated rings. The second-order valence-corrected chi connectivity index (χ2v) is 4.04. The Morgan fingerprint density at radius 1 is 1.41 bits per heavy atom. The van der Waals surface area contributed by atoms with Crippen LogP contribution in [0.5, 0.6) is 5.75 Å². The fraction of sp³-hybridized carbons (Fsp3) is 0.385. The third kappa shape index (κ3) is 4.16. The molecule has 0 aliphatic carbocycles. The molecule has 1 heterocycles. The maximum atomic E-state index is 12.1. The molecule has 1 atom stereocenters. The van der Waals surface area contributed by atoms with Crippen molar-refractivity contribution in [3.05, 3.63) is 24.0 Å². The van der Waals surface area contributed by atoms with Gasteiger partial charge in [0.05, 0.1) is 13.2 Å². The van der Waals surface area contributed by atoms with Gasteiger partial charge in [-0.05, 0) is 19.1 Å². The van der Waals surface area contributed by atoms with Gasteiger partial charge in [-0.1, -0.05) is 0 Å². The van der Waals surface area contributed by atoms with E-state index < -0.39 is 30.5 Å². The van der Waals surface area contributed by atoms with Crippen molar-refractivity contribution >= 4 is 17.8 Å². The first-order valence-electron chi connectivity index (χ1n) is 6.35. The van der Waals surface area contributed by atoms with Gasteiger partial charge >= 0.3 is 11.9 Å². The smallest absolute Gasteiger partial charge is 0.385 e. The van der Waals surface area contributed by atoms with Crippen molar-refractivity contribution in [1.82, 2.24) is 10.0 Å². The number of rotatable bonds is 6. The Kier molecular flexibility index (Phi) is 6.26. The average Bonchev–Trinajstić information content (AvgIpc) is 2.47. The number of nitrogens with zero attached hydrogens (tertiary/aromatic N) is 2. The van der Waals surface area contributed by atoms with Crippen LogP contribution in [0, 0.1) is 0 Å². The van der Waals surface area contributed by atoms with Crippen LogP contribution < -0.4 is 4.74 Å². The monoisotopic (exact) mass is 312 g/mol. The molecule has 1 amide bonds. The average molecular weight is 312 g/mol. The van der Waals surface area contributed by atoms with E-state index in [0.29, 0.717) is 0 Å². The van der Waals surface area contributed by atoms with E-state index in [0.717, 1.165) is 6.92 Å². The summed E-state index contributed by atoms with van der Waals surface area (Å²) in [5.74, 6) is -3.31. The van der Waals surface area contributed by atoms with Gasteiger partial charge in [-0.25, -0.2) is 14.6 Å². The van der Waals surface area contributed by atoms with Crippen molar-refractivity contribution in [2.45, 2.75) is 19.9 Å². The van der Waals surface area contributed by atoms with Gasteiger partial charge in [0.2, 0.25) is 0 Å². The molecule has 1 aromatic rings. The Hall–Kier alpha value is -2.68. The van der Waals surface area contributed by atoms with Gasteiger partial charge in [-0.2, -0.15) is 5.06 Å². The number of aliphatic carboxylic acids is 1. The summed E-state index contributed by atoms with van der Waals surface area (Å²) >= 11 is 0. The summed E-state index contributed by atoms with van der Waals surface area (Å²) < 4.78 is 5.20. The van der Waals surface area contributed by atoms with Gasteiger partial charge in [-0.3, -0.25) is 4.79 Å². The number of carbonyl (C=O) groups excluding carboxylic acids is 2. The molecule has 0 aromatic carbocycles. The van der Waals surface area contributed by atoms with Crippen molar-refractivity contribution in [2.24, 2.45) is 0 Å². The van der Waals surface area contributed by atoms with Crippen LogP contribution in [0.25, 0.3) is 0 Å². The van der Waals surface area contributed by atoms with Gasteiger partial charge in [0.25, 0.3) is 5.91 Å². The zero-order valence-corrected chi connectivity index (χ0v) is 12.1. The molecule has 0 aliphatic rings. The van der Waals surface area contributed by atoms with Gasteiger partial charge in [0.1, 0.15) is 0 Å². The zero-order valence-electron chi connectivity index (χ0n) is 12.1. The minimum atomic E-state index is -1.71. The third-order valence-corrected chi connectivity index (χ3v) is 2.50. The summed E-state index contributed by atoms with van der Waals surface area (Å²) in [5.41, 5.74) is -0.210. The molecule has 0 unspecified atom stereocenters. The Bertz CT molecular complexity index is 561. The Labute approximate surface area is 126 Å². The second-order valence-electron chi connectivity index (χ2n) is 4.04. The van der Waals surface area contributed by atoms with Crippen LogP contribution in [0.4, 0.5) is 0 Å². The molecule has 1 rings (SSSR count). The largest absolute Gasteiger partial charge is 0.491 e. The van der Waals surface area contributed by atoms with Crippen LogP contribution in [0.1, 0.15) is 24.3 Å². The number of hydrogen-bond donors (Lipinski definition) is 2. The van der Waals surface area contributed by atoms with Crippen molar-refractivity contribution in [3.63, 3.8) is 0 Å². The number of carboxylic acid groups (broad SMARTS) is 1. The Balaban J connectivity index is 3.02. The number of ether oxygens (including phenoxy) is 1. The lowest BCUT2D eigenvalue weighted by Gasteiger charge is -2.24. The Morgan fingerprint density at radius 3 is 2.59 bits per heavy atom. The lowest BCUT2D eigenvalue weighted by atomic mass is 10.3. The number of amides is 1.